The first-order valence-electron chi connectivity index (χ1n) is 12.4. The number of rotatable bonds is 18. The zero-order valence-electron chi connectivity index (χ0n) is 20.3. The minimum atomic E-state index is -0.904. The van der Waals surface area contributed by atoms with Crippen LogP contribution in [0.5, 0.6) is 0 Å². The second kappa shape index (κ2) is 15.5. The molecule has 3 N–H and O–H groups in total. The maximum absolute atomic E-state index is 11.3. The van der Waals surface area contributed by atoms with Gasteiger partial charge in [-0.05, 0) is 31.4 Å². The second-order valence-electron chi connectivity index (χ2n) is 8.71. The molecule has 2 aromatic rings. The van der Waals surface area contributed by atoms with Gasteiger partial charge < -0.3 is 24.8 Å². The van der Waals surface area contributed by atoms with Gasteiger partial charge in [0.05, 0.1) is 6.04 Å². The first-order chi connectivity index (χ1) is 16.0. The Kier molecular flexibility index (Phi) is 12.6. The van der Waals surface area contributed by atoms with Crippen LogP contribution in [-0.2, 0) is 11.2 Å². The Labute approximate surface area is 198 Å². The number of carboxylic acid groups (broad SMARTS) is 1. The number of aliphatic hydroxyl groups is 1. The number of aliphatic carboxylic acids is 1. The number of hydrogen-bond acceptors (Lipinski definition) is 6. The summed E-state index contributed by atoms with van der Waals surface area (Å²) >= 11 is 0. The van der Waals surface area contributed by atoms with Gasteiger partial charge in [0.1, 0.15) is 12.2 Å². The number of nitrogens with one attached hydrogen (secondary N) is 1. The quantitative estimate of drug-likeness (QED) is 0.272. The van der Waals surface area contributed by atoms with Gasteiger partial charge in [0.15, 0.2) is 0 Å². The Morgan fingerprint density at radius 1 is 1.09 bits per heavy atom. The van der Waals surface area contributed by atoms with E-state index in [-0.39, 0.29) is 19.2 Å². The number of aromatic nitrogens is 1. The normalized spacial score (nSPS) is 12.1. The summed E-state index contributed by atoms with van der Waals surface area (Å²) in [5.41, 5.74) is 1.88. The number of benzene rings is 1. The molecule has 0 saturated heterocycles. The minimum absolute atomic E-state index is 0.00111. The Morgan fingerprint density at radius 2 is 1.82 bits per heavy atom. The molecule has 0 amide bonds. The summed E-state index contributed by atoms with van der Waals surface area (Å²) < 4.78 is 6.22. The lowest BCUT2D eigenvalue weighted by Gasteiger charge is -2.17. The van der Waals surface area contributed by atoms with Gasteiger partial charge in [-0.25, -0.2) is 4.98 Å². The molecule has 2 rings (SSSR count). The number of likely N-dealkylation sites (N-methyl/N-ethyl adjacent to an activating group) is 1. The monoisotopic (exact) mass is 459 g/mol. The van der Waals surface area contributed by atoms with Crippen molar-refractivity contribution in [1.82, 2.24) is 10.3 Å². The highest BCUT2D eigenvalue weighted by Gasteiger charge is 2.24. The molecule has 0 aliphatic carbocycles. The van der Waals surface area contributed by atoms with Crippen molar-refractivity contribution in [2.45, 2.75) is 77.2 Å². The summed E-state index contributed by atoms with van der Waals surface area (Å²) in [4.78, 5) is 17.8. The van der Waals surface area contributed by atoms with Gasteiger partial charge in [0.25, 0.3) is 0 Å². The smallest absolute Gasteiger partial charge is 0.323 e. The third kappa shape index (κ3) is 9.96. The molecular weight excluding hydrogens is 418 g/mol. The third-order valence-corrected chi connectivity index (χ3v) is 5.75. The molecule has 1 heterocycles. The number of nitrogens with zero attached hydrogens (tertiary/aromatic N) is 2. The van der Waals surface area contributed by atoms with E-state index >= 15 is 0 Å². The summed E-state index contributed by atoms with van der Waals surface area (Å²) in [5.74, 6) is 0.262. The topological polar surface area (TPSA) is 98.8 Å². The van der Waals surface area contributed by atoms with Crippen LogP contribution in [0.15, 0.2) is 34.7 Å². The van der Waals surface area contributed by atoms with Crippen LogP contribution in [0.1, 0.15) is 87.9 Å². The molecular formula is C26H41N3O4. The maximum Gasteiger partial charge on any atom is 0.323 e. The van der Waals surface area contributed by atoms with Crippen LogP contribution in [0, 0.1) is 0 Å². The van der Waals surface area contributed by atoms with Crippen LogP contribution >= 0.6 is 0 Å². The Bertz CT molecular complexity index is 794. The Balaban J connectivity index is 2.18. The fourth-order valence-corrected chi connectivity index (χ4v) is 3.94. The van der Waals surface area contributed by atoms with Crippen molar-refractivity contribution in [2.75, 3.05) is 31.6 Å². The molecule has 0 saturated carbocycles. The number of carbonyl (C=O) groups is 1. The molecule has 0 spiro atoms. The average Bonchev–Trinajstić information content (AvgIpc) is 3.21. The fourth-order valence-electron chi connectivity index (χ4n) is 3.94. The Morgan fingerprint density at radius 3 is 2.52 bits per heavy atom. The van der Waals surface area contributed by atoms with Crippen molar-refractivity contribution in [2.24, 2.45) is 0 Å². The number of aliphatic hydroxyl groups excluding tert-OH is 1. The van der Waals surface area contributed by atoms with Crippen molar-refractivity contribution in [3.63, 3.8) is 0 Å². The molecule has 1 aromatic carbocycles. The molecule has 0 fully saturated rings. The van der Waals surface area contributed by atoms with E-state index in [9.17, 15) is 9.90 Å². The molecule has 7 nitrogen and oxygen atoms in total. The maximum atomic E-state index is 11.3. The minimum Gasteiger partial charge on any atom is -0.480 e. The van der Waals surface area contributed by atoms with Crippen LogP contribution < -0.4 is 10.2 Å². The average molecular weight is 460 g/mol. The molecule has 1 aromatic heterocycles. The molecule has 0 aliphatic rings. The highest BCUT2D eigenvalue weighted by Crippen LogP contribution is 2.29. The number of anilines is 1. The molecule has 1 atom stereocenters. The predicted molar refractivity (Wildman–Crippen MR) is 132 cm³/mol. The second-order valence-corrected chi connectivity index (χ2v) is 8.71. The zero-order chi connectivity index (χ0) is 23.9. The molecule has 7 heteroatoms. The lowest BCUT2D eigenvalue weighted by atomic mass is 10.1. The van der Waals surface area contributed by atoms with Gasteiger partial charge >= 0.3 is 5.97 Å². The lowest BCUT2D eigenvalue weighted by Crippen LogP contribution is -2.25. The van der Waals surface area contributed by atoms with Crippen molar-refractivity contribution in [3.8, 4) is 0 Å². The van der Waals surface area contributed by atoms with Gasteiger partial charge in [0.2, 0.25) is 11.8 Å². The number of unbranched alkanes of at least 4 members (excludes halogenated alkanes) is 6. The van der Waals surface area contributed by atoms with Crippen LogP contribution in [0.25, 0.3) is 0 Å². The summed E-state index contributed by atoms with van der Waals surface area (Å²) in [6, 6.07) is 10.1. The van der Waals surface area contributed by atoms with Gasteiger partial charge in [-0.3, -0.25) is 4.79 Å². The summed E-state index contributed by atoms with van der Waals surface area (Å²) in [6.07, 6.45) is 10.2. The third-order valence-electron chi connectivity index (χ3n) is 5.75. The summed E-state index contributed by atoms with van der Waals surface area (Å²) in [7, 11) is 1.73. The molecule has 0 radical (unpaired) electrons. The standard InChI is InChI=1S/C26H41N3O4/c1-3-4-5-11-16-22(27-17-12-6-7-13-18-30)25-28-23(19-21-14-9-8-10-15-21)26(33-25)29(2)20-24(31)32/h8-10,14-15,22,27,30H,3-7,11-13,16-20H2,1-2H3,(H,31,32). The van der Waals surface area contributed by atoms with E-state index in [1.165, 1.54) is 19.3 Å². The first-order valence-corrected chi connectivity index (χ1v) is 12.4. The molecule has 184 valence electrons. The van der Waals surface area contributed by atoms with Gasteiger partial charge in [-0.1, -0.05) is 75.8 Å². The van der Waals surface area contributed by atoms with E-state index in [1.807, 2.05) is 30.3 Å². The molecule has 0 bridgehead atoms. The Hall–Kier alpha value is -2.38. The molecule has 1 unspecified atom stereocenters. The van der Waals surface area contributed by atoms with Crippen molar-refractivity contribution in [3.05, 3.63) is 47.5 Å². The predicted octanol–water partition coefficient (Wildman–Crippen LogP) is 4.94. The fraction of sp³-hybridized carbons (Fsp3) is 0.615. The zero-order valence-corrected chi connectivity index (χ0v) is 20.3. The van der Waals surface area contributed by atoms with E-state index in [4.69, 9.17) is 14.5 Å². The van der Waals surface area contributed by atoms with Gasteiger partial charge in [-0.15, -0.1) is 0 Å². The highest BCUT2D eigenvalue weighted by atomic mass is 16.4. The summed E-state index contributed by atoms with van der Waals surface area (Å²) in [5, 5.41) is 21.9. The van der Waals surface area contributed by atoms with Crippen LogP contribution in [0.4, 0.5) is 5.88 Å². The largest absolute Gasteiger partial charge is 0.480 e. The van der Waals surface area contributed by atoms with Crippen molar-refractivity contribution >= 4 is 11.9 Å². The number of hydrogen-bond donors (Lipinski definition) is 3. The molecule has 0 aliphatic heterocycles. The number of oxazole rings is 1. The van der Waals surface area contributed by atoms with E-state index in [1.54, 1.807) is 11.9 Å². The van der Waals surface area contributed by atoms with Crippen LogP contribution in [0.2, 0.25) is 0 Å². The van der Waals surface area contributed by atoms with Gasteiger partial charge in [-0.2, -0.15) is 0 Å². The van der Waals surface area contributed by atoms with E-state index in [0.29, 0.717) is 18.2 Å². The van der Waals surface area contributed by atoms with Crippen LogP contribution in [0.3, 0.4) is 0 Å². The van der Waals surface area contributed by atoms with Crippen molar-refractivity contribution < 1.29 is 19.4 Å². The van der Waals surface area contributed by atoms with E-state index < -0.39 is 5.97 Å². The van der Waals surface area contributed by atoms with Crippen molar-refractivity contribution in [1.29, 1.82) is 0 Å². The summed E-state index contributed by atoms with van der Waals surface area (Å²) in [6.45, 7) is 3.17. The SMILES string of the molecule is CCCCCCC(NCCCCCCO)c1nc(Cc2ccccc2)c(N(C)CC(=O)O)o1. The number of carboxylic acids is 1. The first kappa shape index (κ1) is 26.9. The van der Waals surface area contributed by atoms with E-state index in [2.05, 4.69) is 12.2 Å². The lowest BCUT2D eigenvalue weighted by molar-refractivity contribution is -0.135. The van der Waals surface area contributed by atoms with Gasteiger partial charge in [0, 0.05) is 20.1 Å². The molecule has 33 heavy (non-hydrogen) atoms. The highest BCUT2D eigenvalue weighted by molar-refractivity contribution is 5.73. The van der Waals surface area contributed by atoms with Crippen LogP contribution in [-0.4, -0.2) is 47.9 Å². The van der Waals surface area contributed by atoms with E-state index in [0.717, 1.165) is 56.3 Å².